The third kappa shape index (κ3) is 2.46. The number of aromatic nitrogens is 2. The maximum Gasteiger partial charge on any atom is 0.0953 e. The Morgan fingerprint density at radius 2 is 2.20 bits per heavy atom. The van der Waals surface area contributed by atoms with Gasteiger partial charge in [0.1, 0.15) is 0 Å². The highest BCUT2D eigenvalue weighted by Crippen LogP contribution is 2.17. The van der Waals surface area contributed by atoms with Crippen molar-refractivity contribution in [1.82, 2.24) is 9.55 Å². The van der Waals surface area contributed by atoms with Gasteiger partial charge in [0.2, 0.25) is 0 Å². The van der Waals surface area contributed by atoms with E-state index in [1.807, 2.05) is 23.9 Å². The van der Waals surface area contributed by atoms with Crippen LogP contribution in [0.25, 0.3) is 0 Å². The normalized spacial score (nSPS) is 10.8. The molecule has 2 aromatic heterocycles. The summed E-state index contributed by atoms with van der Waals surface area (Å²) >= 11 is 1.86. The molecule has 80 valence electrons. The van der Waals surface area contributed by atoms with Gasteiger partial charge in [0.15, 0.2) is 0 Å². The van der Waals surface area contributed by atoms with E-state index in [0.717, 1.165) is 18.7 Å². The monoisotopic (exact) mass is 221 g/mol. The van der Waals surface area contributed by atoms with Gasteiger partial charge in [-0.2, -0.15) is 0 Å². The maximum absolute atomic E-state index is 5.51. The number of imidazole rings is 1. The Morgan fingerprint density at radius 1 is 1.40 bits per heavy atom. The molecule has 0 amide bonds. The fraction of sp³-hybridized carbons (Fsp3) is 0.364. The lowest BCUT2D eigenvalue weighted by molar-refractivity contribution is 0.808. The first-order chi connectivity index (χ1) is 7.31. The molecule has 2 aromatic rings. The quantitative estimate of drug-likeness (QED) is 0.858. The zero-order valence-corrected chi connectivity index (χ0v) is 9.63. The molecular formula is C11H15N3S. The second kappa shape index (κ2) is 4.59. The van der Waals surface area contributed by atoms with Crippen LogP contribution in [-0.2, 0) is 19.5 Å². The van der Waals surface area contributed by atoms with Crippen molar-refractivity contribution in [2.24, 2.45) is 5.73 Å². The molecule has 2 heterocycles. The Balaban J connectivity index is 2.07. The van der Waals surface area contributed by atoms with Crippen LogP contribution < -0.4 is 5.73 Å². The van der Waals surface area contributed by atoms with Crippen LogP contribution in [0.4, 0.5) is 0 Å². The first-order valence-electron chi connectivity index (χ1n) is 5.10. The number of hydrogen-bond donors (Lipinski definition) is 1. The van der Waals surface area contributed by atoms with Gasteiger partial charge in [-0.15, -0.1) is 11.3 Å². The first-order valence-corrected chi connectivity index (χ1v) is 5.91. The lowest BCUT2D eigenvalue weighted by Crippen LogP contribution is -1.96. The molecule has 0 bridgehead atoms. The number of hydrogen-bond acceptors (Lipinski definition) is 3. The molecule has 0 saturated carbocycles. The Bertz CT molecular complexity index is 390. The smallest absolute Gasteiger partial charge is 0.0953 e. The summed E-state index contributed by atoms with van der Waals surface area (Å²) in [5.41, 5.74) is 6.46. The van der Waals surface area contributed by atoms with Crippen molar-refractivity contribution >= 4 is 11.3 Å². The Kier molecular flexibility index (Phi) is 3.18. The first kappa shape index (κ1) is 10.4. The van der Waals surface area contributed by atoms with Gasteiger partial charge in [0.25, 0.3) is 0 Å². The van der Waals surface area contributed by atoms with Crippen LogP contribution in [0, 0.1) is 0 Å². The second-order valence-electron chi connectivity index (χ2n) is 3.46. The number of thiophene rings is 1. The fourth-order valence-corrected chi connectivity index (χ4v) is 2.44. The van der Waals surface area contributed by atoms with Crippen molar-refractivity contribution < 1.29 is 0 Å². The van der Waals surface area contributed by atoms with Gasteiger partial charge in [0, 0.05) is 22.5 Å². The minimum absolute atomic E-state index is 0.512. The van der Waals surface area contributed by atoms with Gasteiger partial charge in [-0.05, 0) is 18.6 Å². The van der Waals surface area contributed by atoms with E-state index in [4.69, 9.17) is 5.73 Å². The highest BCUT2D eigenvalue weighted by Gasteiger charge is 2.01. The van der Waals surface area contributed by atoms with Gasteiger partial charge in [-0.25, -0.2) is 4.98 Å². The van der Waals surface area contributed by atoms with E-state index in [2.05, 4.69) is 28.6 Å². The zero-order valence-electron chi connectivity index (χ0n) is 8.81. The summed E-state index contributed by atoms with van der Waals surface area (Å²) < 4.78 is 2.08. The molecule has 15 heavy (non-hydrogen) atoms. The zero-order chi connectivity index (χ0) is 10.7. The average Bonchev–Trinajstić information content (AvgIpc) is 2.87. The molecule has 0 radical (unpaired) electrons. The van der Waals surface area contributed by atoms with E-state index in [9.17, 15) is 0 Å². The molecule has 0 saturated heterocycles. The van der Waals surface area contributed by atoms with Crippen molar-refractivity contribution in [3.63, 3.8) is 0 Å². The van der Waals surface area contributed by atoms with E-state index in [0.29, 0.717) is 6.54 Å². The third-order valence-electron chi connectivity index (χ3n) is 2.30. The number of nitrogens with two attached hydrogens (primary N) is 1. The Morgan fingerprint density at radius 3 is 2.80 bits per heavy atom. The van der Waals surface area contributed by atoms with Gasteiger partial charge >= 0.3 is 0 Å². The van der Waals surface area contributed by atoms with Crippen molar-refractivity contribution in [3.05, 3.63) is 40.1 Å². The van der Waals surface area contributed by atoms with E-state index >= 15 is 0 Å². The van der Waals surface area contributed by atoms with Crippen molar-refractivity contribution in [3.8, 4) is 0 Å². The van der Waals surface area contributed by atoms with Gasteiger partial charge in [-0.1, -0.05) is 6.92 Å². The SMILES string of the molecule is CCc1ccc(Cn2cnc(CN)c2)s1. The molecule has 0 unspecified atom stereocenters. The predicted octanol–water partition coefficient (Wildman–Crippen LogP) is 2.01. The van der Waals surface area contributed by atoms with E-state index < -0.39 is 0 Å². The summed E-state index contributed by atoms with van der Waals surface area (Å²) in [5.74, 6) is 0. The summed E-state index contributed by atoms with van der Waals surface area (Å²) in [7, 11) is 0. The van der Waals surface area contributed by atoms with E-state index in [-0.39, 0.29) is 0 Å². The predicted molar refractivity (Wildman–Crippen MR) is 62.9 cm³/mol. The van der Waals surface area contributed by atoms with Crippen LogP contribution in [0.1, 0.15) is 22.4 Å². The van der Waals surface area contributed by atoms with Crippen LogP contribution in [0.3, 0.4) is 0 Å². The minimum atomic E-state index is 0.512. The fourth-order valence-electron chi connectivity index (χ4n) is 1.48. The van der Waals surface area contributed by atoms with Crippen LogP contribution in [0.5, 0.6) is 0 Å². The molecule has 3 nitrogen and oxygen atoms in total. The minimum Gasteiger partial charge on any atom is -0.332 e. The molecule has 0 fully saturated rings. The standard InChI is InChI=1S/C11H15N3S/c1-2-10-3-4-11(15-10)7-14-6-9(5-12)13-8-14/h3-4,6,8H,2,5,7,12H2,1H3. The molecular weight excluding hydrogens is 206 g/mol. The van der Waals surface area contributed by atoms with E-state index in [1.54, 1.807) is 0 Å². The van der Waals surface area contributed by atoms with Crippen molar-refractivity contribution in [2.75, 3.05) is 0 Å². The number of nitrogens with zero attached hydrogens (tertiary/aromatic N) is 2. The van der Waals surface area contributed by atoms with Crippen LogP contribution in [0.2, 0.25) is 0 Å². The largest absolute Gasteiger partial charge is 0.332 e. The molecule has 0 spiro atoms. The lowest BCUT2D eigenvalue weighted by atomic mass is 10.3. The Labute approximate surface area is 93.6 Å². The molecule has 0 aromatic carbocycles. The molecule has 0 aliphatic rings. The van der Waals surface area contributed by atoms with Gasteiger partial charge < -0.3 is 10.3 Å². The summed E-state index contributed by atoms with van der Waals surface area (Å²) in [5, 5.41) is 0. The van der Waals surface area contributed by atoms with E-state index in [1.165, 1.54) is 9.75 Å². The van der Waals surface area contributed by atoms with Gasteiger partial charge in [0.05, 0.1) is 18.6 Å². The molecule has 0 atom stereocenters. The van der Waals surface area contributed by atoms with Gasteiger partial charge in [-0.3, -0.25) is 0 Å². The lowest BCUT2D eigenvalue weighted by Gasteiger charge is -1.97. The molecule has 4 heteroatoms. The highest BCUT2D eigenvalue weighted by atomic mass is 32.1. The van der Waals surface area contributed by atoms with Crippen molar-refractivity contribution in [1.29, 1.82) is 0 Å². The second-order valence-corrected chi connectivity index (χ2v) is 4.72. The summed E-state index contributed by atoms with van der Waals surface area (Å²) in [6.45, 7) is 3.59. The maximum atomic E-state index is 5.51. The average molecular weight is 221 g/mol. The number of aryl methyl sites for hydroxylation is 1. The third-order valence-corrected chi connectivity index (χ3v) is 3.51. The molecule has 2 N–H and O–H groups in total. The molecule has 0 aliphatic carbocycles. The van der Waals surface area contributed by atoms with Crippen LogP contribution in [-0.4, -0.2) is 9.55 Å². The molecule has 0 aliphatic heterocycles. The van der Waals surface area contributed by atoms with Crippen LogP contribution in [0.15, 0.2) is 24.7 Å². The molecule has 2 rings (SSSR count). The number of rotatable bonds is 4. The van der Waals surface area contributed by atoms with Crippen molar-refractivity contribution in [2.45, 2.75) is 26.4 Å². The topological polar surface area (TPSA) is 43.8 Å². The van der Waals surface area contributed by atoms with Crippen LogP contribution >= 0.6 is 11.3 Å². The Hall–Kier alpha value is -1.13. The summed E-state index contributed by atoms with van der Waals surface area (Å²) in [6, 6.07) is 4.38. The highest BCUT2D eigenvalue weighted by molar-refractivity contribution is 7.11. The summed E-state index contributed by atoms with van der Waals surface area (Å²) in [4.78, 5) is 7.00. The summed E-state index contributed by atoms with van der Waals surface area (Å²) in [6.07, 6.45) is 4.96.